The van der Waals surface area contributed by atoms with Crippen LogP contribution in [0.3, 0.4) is 0 Å². The molecule has 0 radical (unpaired) electrons. The van der Waals surface area contributed by atoms with Crippen LogP contribution in [-0.4, -0.2) is 22.9 Å². The van der Waals surface area contributed by atoms with E-state index in [-0.39, 0.29) is 6.61 Å². The summed E-state index contributed by atoms with van der Waals surface area (Å²) in [6.07, 6.45) is 42.2. The lowest BCUT2D eigenvalue weighted by atomic mass is 10.0. The van der Waals surface area contributed by atoms with Crippen LogP contribution in [0, 0.1) is 0 Å². The van der Waals surface area contributed by atoms with Crippen LogP contribution in [0.2, 0.25) is 0 Å². The van der Waals surface area contributed by atoms with E-state index >= 15 is 0 Å². The molecular formula is C33H70NO4P. The lowest BCUT2D eigenvalue weighted by Crippen LogP contribution is -1.97. The van der Waals surface area contributed by atoms with Crippen molar-refractivity contribution in [2.24, 2.45) is 5.73 Å². The van der Waals surface area contributed by atoms with Crippen molar-refractivity contribution in [2.45, 2.75) is 199 Å². The minimum atomic E-state index is -4.27. The van der Waals surface area contributed by atoms with Gasteiger partial charge < -0.3 is 15.5 Å². The van der Waals surface area contributed by atoms with Gasteiger partial charge in [-0.1, -0.05) is 186 Å². The van der Waals surface area contributed by atoms with Crippen LogP contribution in [0.15, 0.2) is 0 Å². The van der Waals surface area contributed by atoms with E-state index in [9.17, 15) is 4.57 Å². The van der Waals surface area contributed by atoms with Crippen LogP contribution in [0.5, 0.6) is 0 Å². The molecule has 0 aliphatic carbocycles. The quantitative estimate of drug-likeness (QED) is 0.0524. The average molecular weight is 576 g/mol. The predicted molar refractivity (Wildman–Crippen MR) is 170 cm³/mol. The fraction of sp³-hybridized carbons (Fsp3) is 1.00. The molecule has 5 nitrogen and oxygen atoms in total. The van der Waals surface area contributed by atoms with Crippen molar-refractivity contribution >= 4 is 7.82 Å². The number of phosphoric ester groups is 1. The monoisotopic (exact) mass is 576 g/mol. The Morgan fingerprint density at radius 2 is 0.538 bits per heavy atom. The molecule has 0 fully saturated rings. The molecule has 0 bridgehead atoms. The molecule has 0 heterocycles. The summed E-state index contributed by atoms with van der Waals surface area (Å²) in [5, 5.41) is 0. The van der Waals surface area contributed by atoms with Crippen molar-refractivity contribution in [3.63, 3.8) is 0 Å². The van der Waals surface area contributed by atoms with Crippen molar-refractivity contribution < 1.29 is 18.9 Å². The molecule has 0 aromatic rings. The largest absolute Gasteiger partial charge is 0.469 e. The molecule has 0 spiro atoms. The highest BCUT2D eigenvalue weighted by molar-refractivity contribution is 7.46. The molecular weight excluding hydrogens is 505 g/mol. The van der Waals surface area contributed by atoms with E-state index in [0.717, 1.165) is 25.8 Å². The van der Waals surface area contributed by atoms with Crippen LogP contribution in [0.25, 0.3) is 0 Å². The molecule has 6 heteroatoms. The highest BCUT2D eigenvalue weighted by Crippen LogP contribution is 2.35. The SMILES string of the molecule is NCCCCCCCCCCCCCCCCCCCCCCCCCCCCCCCCCOP(=O)(O)O. The van der Waals surface area contributed by atoms with Gasteiger partial charge in [0.15, 0.2) is 0 Å². The Morgan fingerprint density at radius 3 is 0.718 bits per heavy atom. The summed E-state index contributed by atoms with van der Waals surface area (Å²) >= 11 is 0. The molecule has 0 atom stereocenters. The van der Waals surface area contributed by atoms with Gasteiger partial charge in [-0.05, 0) is 19.4 Å². The van der Waals surface area contributed by atoms with E-state index in [0.29, 0.717) is 0 Å². The number of rotatable bonds is 34. The number of hydrogen-bond acceptors (Lipinski definition) is 3. The lowest BCUT2D eigenvalue weighted by molar-refractivity contribution is 0.193. The first kappa shape index (κ1) is 39.1. The number of nitrogens with two attached hydrogens (primary N) is 1. The van der Waals surface area contributed by atoms with Crippen molar-refractivity contribution in [1.82, 2.24) is 0 Å². The van der Waals surface area contributed by atoms with Gasteiger partial charge in [0.1, 0.15) is 0 Å². The van der Waals surface area contributed by atoms with E-state index in [2.05, 4.69) is 4.52 Å². The smallest absolute Gasteiger partial charge is 0.330 e. The summed E-state index contributed by atoms with van der Waals surface area (Å²) in [7, 11) is -4.27. The zero-order valence-corrected chi connectivity index (χ0v) is 27.0. The number of hydrogen-bond donors (Lipinski definition) is 3. The molecule has 0 saturated carbocycles. The Kier molecular flexibility index (Phi) is 32.6. The molecule has 0 amide bonds. The van der Waals surface area contributed by atoms with E-state index < -0.39 is 7.82 Å². The van der Waals surface area contributed by atoms with Gasteiger partial charge in [0.25, 0.3) is 0 Å². The third-order valence-corrected chi connectivity index (χ3v) is 8.63. The van der Waals surface area contributed by atoms with E-state index in [1.807, 2.05) is 0 Å². The summed E-state index contributed by atoms with van der Waals surface area (Å²) in [4.78, 5) is 17.2. The number of phosphoric acid groups is 1. The highest BCUT2D eigenvalue weighted by atomic mass is 31.2. The van der Waals surface area contributed by atoms with Crippen LogP contribution in [-0.2, 0) is 9.09 Å². The molecule has 0 aromatic heterocycles. The molecule has 39 heavy (non-hydrogen) atoms. The second-order valence-electron chi connectivity index (χ2n) is 12.1. The van der Waals surface area contributed by atoms with Gasteiger partial charge in [0.05, 0.1) is 6.61 Å². The Balaban J connectivity index is 3.04. The summed E-state index contributed by atoms with van der Waals surface area (Å²) in [6.45, 7) is 1.03. The predicted octanol–water partition coefficient (Wildman–Crippen LogP) is 11.1. The Hall–Kier alpha value is 0.0700. The molecule has 0 unspecified atom stereocenters. The van der Waals surface area contributed by atoms with E-state index in [4.69, 9.17) is 15.5 Å². The summed E-state index contributed by atoms with van der Waals surface area (Å²) in [5.74, 6) is 0. The van der Waals surface area contributed by atoms with E-state index in [1.165, 1.54) is 180 Å². The second kappa shape index (κ2) is 32.6. The maximum Gasteiger partial charge on any atom is 0.469 e. The summed E-state index contributed by atoms with van der Waals surface area (Å²) in [5.41, 5.74) is 5.54. The molecule has 0 aliphatic rings. The summed E-state index contributed by atoms with van der Waals surface area (Å²) in [6, 6.07) is 0. The van der Waals surface area contributed by atoms with Gasteiger partial charge >= 0.3 is 7.82 Å². The third kappa shape index (κ3) is 38.1. The molecule has 0 aliphatic heterocycles. The zero-order chi connectivity index (χ0) is 28.5. The standard InChI is InChI=1S/C33H70NO4P/c34-32-30-28-26-24-22-20-18-16-14-12-10-8-6-4-2-1-3-5-7-9-11-13-15-17-19-21-23-25-27-29-31-33-38-39(35,36)37/h1-34H2,(H2,35,36,37). The van der Waals surface area contributed by atoms with Gasteiger partial charge in [-0.15, -0.1) is 0 Å². The first-order chi connectivity index (χ1) is 19.1. The topological polar surface area (TPSA) is 92.8 Å². The van der Waals surface area contributed by atoms with Gasteiger partial charge in [-0.3, -0.25) is 4.52 Å². The van der Waals surface area contributed by atoms with Crippen molar-refractivity contribution in [2.75, 3.05) is 13.2 Å². The normalized spacial score (nSPS) is 12.0. The van der Waals surface area contributed by atoms with Crippen LogP contribution >= 0.6 is 7.82 Å². The fourth-order valence-corrected chi connectivity index (χ4v) is 5.92. The maximum atomic E-state index is 10.6. The Labute approximate surface area is 244 Å². The number of unbranched alkanes of at least 4 members (excludes halogenated alkanes) is 30. The lowest BCUT2D eigenvalue weighted by Gasteiger charge is -2.05. The second-order valence-corrected chi connectivity index (χ2v) is 13.3. The Bertz CT molecular complexity index is 500. The molecule has 0 rings (SSSR count). The van der Waals surface area contributed by atoms with Gasteiger partial charge in [0, 0.05) is 0 Å². The first-order valence-corrected chi connectivity index (χ1v) is 19.0. The highest BCUT2D eigenvalue weighted by Gasteiger charge is 2.12. The van der Waals surface area contributed by atoms with Crippen molar-refractivity contribution in [3.05, 3.63) is 0 Å². The fourth-order valence-electron chi connectivity index (χ4n) is 5.56. The maximum absolute atomic E-state index is 10.6. The zero-order valence-electron chi connectivity index (χ0n) is 26.1. The van der Waals surface area contributed by atoms with Crippen molar-refractivity contribution in [3.8, 4) is 0 Å². The van der Waals surface area contributed by atoms with Gasteiger partial charge in [-0.2, -0.15) is 0 Å². The van der Waals surface area contributed by atoms with Gasteiger partial charge in [0.2, 0.25) is 0 Å². The Morgan fingerprint density at radius 1 is 0.359 bits per heavy atom. The third-order valence-electron chi connectivity index (χ3n) is 8.11. The van der Waals surface area contributed by atoms with Crippen molar-refractivity contribution in [1.29, 1.82) is 0 Å². The summed E-state index contributed by atoms with van der Waals surface area (Å²) < 4.78 is 15.0. The van der Waals surface area contributed by atoms with Crippen LogP contribution in [0.4, 0.5) is 0 Å². The molecule has 0 aromatic carbocycles. The molecule has 0 saturated heterocycles. The van der Waals surface area contributed by atoms with Crippen LogP contribution in [0.1, 0.15) is 199 Å². The minimum absolute atomic E-state index is 0.169. The first-order valence-electron chi connectivity index (χ1n) is 17.5. The molecule has 4 N–H and O–H groups in total. The van der Waals surface area contributed by atoms with E-state index in [1.54, 1.807) is 0 Å². The molecule has 236 valence electrons. The average Bonchev–Trinajstić information content (AvgIpc) is 2.90. The van der Waals surface area contributed by atoms with Gasteiger partial charge in [-0.25, -0.2) is 4.57 Å². The van der Waals surface area contributed by atoms with Crippen LogP contribution < -0.4 is 5.73 Å². The minimum Gasteiger partial charge on any atom is -0.330 e.